The van der Waals surface area contributed by atoms with Gasteiger partial charge in [-0.1, -0.05) is 17.7 Å². The Balaban J connectivity index is 0. The Bertz CT molecular complexity index is 190. The van der Waals surface area contributed by atoms with Crippen molar-refractivity contribution in [2.24, 2.45) is 0 Å². The number of benzene rings is 1. The third kappa shape index (κ3) is 3.08. The van der Waals surface area contributed by atoms with Crippen molar-refractivity contribution < 1.29 is 35.5 Å². The van der Waals surface area contributed by atoms with Gasteiger partial charge in [0.1, 0.15) is 0 Å². The van der Waals surface area contributed by atoms with Crippen LogP contribution in [0.15, 0.2) is 29.2 Å². The summed E-state index contributed by atoms with van der Waals surface area (Å²) in [5.41, 5.74) is 1.22. The summed E-state index contributed by atoms with van der Waals surface area (Å²) in [5, 5.41) is 0. The zero-order chi connectivity index (χ0) is 6.69. The van der Waals surface area contributed by atoms with Crippen LogP contribution in [0.25, 0.3) is 0 Å². The van der Waals surface area contributed by atoms with Crippen LogP contribution >= 0.6 is 12.0 Å². The van der Waals surface area contributed by atoms with E-state index in [1.165, 1.54) is 5.56 Å². The Morgan fingerprint density at radius 1 is 1.30 bits per heavy atom. The molecule has 10 heavy (non-hydrogen) atoms. The Kier molecular flexibility index (Phi) is 5.49. The summed E-state index contributed by atoms with van der Waals surface area (Å²) in [6.45, 7) is 2.02. The monoisotopic (exact) mass is 164 g/mol. The minimum absolute atomic E-state index is 0. The van der Waals surface area contributed by atoms with Crippen molar-refractivity contribution in [1.82, 2.24) is 0 Å². The van der Waals surface area contributed by atoms with E-state index in [1.807, 2.05) is 31.2 Å². The second-order valence-corrected chi connectivity index (χ2v) is 2.56. The minimum Gasteiger partial charge on any atom is -1.00 e. The molecule has 0 bridgehead atoms. The van der Waals surface area contributed by atoms with Crippen LogP contribution in [-0.4, -0.2) is 4.55 Å². The minimum atomic E-state index is 0. The largest absolute Gasteiger partial charge is 1.00 e. The van der Waals surface area contributed by atoms with Crippen LogP contribution in [-0.2, 0) is 0 Å². The van der Waals surface area contributed by atoms with Crippen molar-refractivity contribution in [3.63, 3.8) is 0 Å². The summed E-state index contributed by atoms with van der Waals surface area (Å²) in [6, 6.07) is 7.72. The first-order valence-corrected chi connectivity index (χ1v) is 3.48. The first-order chi connectivity index (χ1) is 4.33. The molecule has 0 aliphatic rings. The average Bonchev–Trinajstić information content (AvgIpc) is 1.90. The van der Waals surface area contributed by atoms with E-state index >= 15 is 0 Å². The second kappa shape index (κ2) is 5.22. The third-order valence-corrected chi connectivity index (χ3v) is 1.61. The van der Waals surface area contributed by atoms with Crippen molar-refractivity contribution in [2.75, 3.05) is 0 Å². The first-order valence-electron chi connectivity index (χ1n) is 2.71. The molecule has 0 saturated carbocycles. The normalized spacial score (nSPS) is 8.60. The van der Waals surface area contributed by atoms with E-state index in [0.717, 1.165) is 16.9 Å². The maximum Gasteiger partial charge on any atom is 1.00 e. The molecule has 1 aromatic carbocycles. The molecule has 0 spiro atoms. The fraction of sp³-hybridized carbons (Fsp3) is 0.143. The molecule has 0 fully saturated rings. The summed E-state index contributed by atoms with van der Waals surface area (Å²) in [6.07, 6.45) is 0. The van der Waals surface area contributed by atoms with Gasteiger partial charge in [0.25, 0.3) is 0 Å². The van der Waals surface area contributed by atoms with Crippen LogP contribution in [0.2, 0.25) is 0 Å². The van der Waals surface area contributed by atoms with Crippen LogP contribution in [0.3, 0.4) is 0 Å². The van der Waals surface area contributed by atoms with Gasteiger partial charge in [0, 0.05) is 16.9 Å². The van der Waals surface area contributed by atoms with E-state index in [9.17, 15) is 0 Å². The Labute approximate surface area is 88.8 Å². The molecule has 0 saturated heterocycles. The van der Waals surface area contributed by atoms with Gasteiger partial charge in [-0.25, -0.2) is 0 Å². The molecule has 0 aliphatic carbocycles. The smallest absolute Gasteiger partial charge is 1.00 e. The predicted molar refractivity (Wildman–Crippen MR) is 40.8 cm³/mol. The van der Waals surface area contributed by atoms with Crippen LogP contribution in [0, 0.1) is 6.92 Å². The van der Waals surface area contributed by atoms with Crippen LogP contribution < -0.4 is 29.6 Å². The van der Waals surface area contributed by atoms with Crippen molar-refractivity contribution in [3.8, 4) is 0 Å². The summed E-state index contributed by atoms with van der Waals surface area (Å²) in [7, 11) is 0. The molecule has 50 valence electrons. The van der Waals surface area contributed by atoms with Crippen molar-refractivity contribution >= 4 is 12.0 Å². The van der Waals surface area contributed by atoms with Gasteiger partial charge in [-0.2, -0.15) is 0 Å². The Morgan fingerprint density at radius 2 is 1.80 bits per heavy atom. The van der Waals surface area contributed by atoms with Crippen molar-refractivity contribution in [3.05, 3.63) is 29.8 Å². The molecule has 0 unspecified atom stereocenters. The second-order valence-electron chi connectivity index (χ2n) is 1.90. The van der Waals surface area contributed by atoms with Gasteiger partial charge >= 0.3 is 29.6 Å². The van der Waals surface area contributed by atoms with Crippen LogP contribution in [0.4, 0.5) is 0 Å². The van der Waals surface area contributed by atoms with Gasteiger partial charge in [-0.05, 0) is 19.1 Å². The topological polar surface area (TPSA) is 20.2 Å². The average molecular weight is 164 g/mol. The van der Waals surface area contributed by atoms with E-state index in [1.54, 1.807) is 0 Å². The van der Waals surface area contributed by atoms with Crippen molar-refractivity contribution in [2.45, 2.75) is 11.8 Å². The van der Waals surface area contributed by atoms with Gasteiger partial charge in [0.2, 0.25) is 0 Å². The Hall–Kier alpha value is 0.530. The summed E-state index contributed by atoms with van der Waals surface area (Å²) in [5.74, 6) is 0. The van der Waals surface area contributed by atoms with Gasteiger partial charge in [-0.3, -0.25) is 0 Å². The third-order valence-electron chi connectivity index (χ3n) is 1.13. The van der Waals surface area contributed by atoms with E-state index in [4.69, 9.17) is 4.55 Å². The summed E-state index contributed by atoms with van der Waals surface area (Å²) < 4.78 is 8.55. The number of rotatable bonds is 1. The van der Waals surface area contributed by atoms with E-state index in [0.29, 0.717) is 0 Å². The van der Waals surface area contributed by atoms with E-state index in [-0.39, 0.29) is 31.0 Å². The van der Waals surface area contributed by atoms with E-state index in [2.05, 4.69) is 0 Å². The molecule has 3 heteroatoms. The first kappa shape index (κ1) is 10.5. The molecule has 0 aliphatic heterocycles. The SMILES string of the molecule is Cc1ccc(SO)cc1.[H-].[Na+]. The zero-order valence-electron chi connectivity index (χ0n) is 7.16. The quantitative estimate of drug-likeness (QED) is 0.453. The Morgan fingerprint density at radius 3 is 2.20 bits per heavy atom. The maximum atomic E-state index is 8.55. The molecular weight excluding hydrogens is 155 g/mol. The molecule has 1 rings (SSSR count). The van der Waals surface area contributed by atoms with Gasteiger partial charge in [0.05, 0.1) is 0 Å². The van der Waals surface area contributed by atoms with E-state index < -0.39 is 0 Å². The fourth-order valence-corrected chi connectivity index (χ4v) is 0.857. The molecule has 0 aromatic heterocycles. The van der Waals surface area contributed by atoms with Gasteiger partial charge in [0.15, 0.2) is 0 Å². The number of hydrogen-bond donors (Lipinski definition) is 1. The van der Waals surface area contributed by atoms with Crippen LogP contribution in [0.1, 0.15) is 6.99 Å². The standard InChI is InChI=1S/C7H8OS.Na.H/c1-6-2-4-7(9-8)5-3-6;;/h2-5,8H,1H3;;/q;+1;-1. The number of hydrogen-bond acceptors (Lipinski definition) is 2. The predicted octanol–water partition coefficient (Wildman–Crippen LogP) is -0.323. The molecule has 1 aromatic rings. The molecule has 1 N–H and O–H groups in total. The molecule has 0 amide bonds. The molecular formula is C7H9NaOS. The number of aryl methyl sites for hydroxylation is 1. The van der Waals surface area contributed by atoms with Crippen LogP contribution in [0.5, 0.6) is 0 Å². The molecule has 0 radical (unpaired) electrons. The zero-order valence-corrected chi connectivity index (χ0v) is 8.98. The maximum absolute atomic E-state index is 8.55. The molecule has 0 heterocycles. The molecule has 0 atom stereocenters. The van der Waals surface area contributed by atoms with Gasteiger partial charge < -0.3 is 5.98 Å². The summed E-state index contributed by atoms with van der Waals surface area (Å²) in [4.78, 5) is 0.889. The van der Waals surface area contributed by atoms with Crippen molar-refractivity contribution in [1.29, 1.82) is 0 Å². The van der Waals surface area contributed by atoms with Gasteiger partial charge in [-0.15, -0.1) is 0 Å². The molecule has 1 nitrogen and oxygen atoms in total. The fourth-order valence-electron chi connectivity index (χ4n) is 0.599. The summed E-state index contributed by atoms with van der Waals surface area (Å²) >= 11 is 0.777.